The van der Waals surface area contributed by atoms with E-state index in [1.54, 1.807) is 23.1 Å². The first-order valence-electron chi connectivity index (χ1n) is 7.68. The van der Waals surface area contributed by atoms with Crippen LogP contribution in [0.1, 0.15) is 22.9 Å². The summed E-state index contributed by atoms with van der Waals surface area (Å²) in [5.41, 5.74) is 2.30. The van der Waals surface area contributed by atoms with Gasteiger partial charge in [0, 0.05) is 10.6 Å². The van der Waals surface area contributed by atoms with E-state index in [4.69, 9.17) is 4.74 Å². The second-order valence-electron chi connectivity index (χ2n) is 5.38. The lowest BCUT2D eigenvalue weighted by molar-refractivity contribution is -0.120. The Balaban J connectivity index is 1.68. The van der Waals surface area contributed by atoms with E-state index in [1.807, 2.05) is 30.5 Å². The quantitative estimate of drug-likeness (QED) is 0.727. The van der Waals surface area contributed by atoms with E-state index < -0.39 is 0 Å². The molecule has 1 amide bonds. The number of para-hydroxylation sites is 1. The van der Waals surface area contributed by atoms with E-state index in [2.05, 4.69) is 31.3 Å². The molecule has 0 saturated heterocycles. The predicted molar refractivity (Wildman–Crippen MR) is 99.5 cm³/mol. The van der Waals surface area contributed by atoms with Crippen molar-refractivity contribution < 1.29 is 9.53 Å². The van der Waals surface area contributed by atoms with Gasteiger partial charge in [-0.2, -0.15) is 0 Å². The summed E-state index contributed by atoms with van der Waals surface area (Å²) in [6.45, 7) is 7.26. The van der Waals surface area contributed by atoms with Crippen LogP contribution in [0.5, 0.6) is 5.75 Å². The minimum atomic E-state index is -0.0727. The zero-order chi connectivity index (χ0) is 16.7. The largest absolute Gasteiger partial charge is 0.492 e. The van der Waals surface area contributed by atoms with Crippen LogP contribution in [-0.2, 0) is 11.3 Å². The van der Waals surface area contributed by atoms with Crippen molar-refractivity contribution in [1.82, 2.24) is 5.32 Å². The standard InChI is InChI=1S/C18H23NO2S2/c1-13-6-4-7-14(2)17(13)21-9-11-22-15(3)18(20)19-12-16-8-5-10-23-16/h4-8,10,15H,9,11-12H2,1-3H3,(H,19,20). The van der Waals surface area contributed by atoms with E-state index in [0.717, 1.165) is 22.6 Å². The van der Waals surface area contributed by atoms with Gasteiger partial charge >= 0.3 is 0 Å². The molecule has 23 heavy (non-hydrogen) atoms. The number of aryl methyl sites for hydroxylation is 2. The summed E-state index contributed by atoms with van der Waals surface area (Å²) < 4.78 is 5.87. The number of thioether (sulfide) groups is 1. The fourth-order valence-electron chi connectivity index (χ4n) is 2.20. The molecule has 0 radical (unpaired) electrons. The van der Waals surface area contributed by atoms with Gasteiger partial charge in [-0.1, -0.05) is 24.3 Å². The lowest BCUT2D eigenvalue weighted by atomic mass is 10.1. The van der Waals surface area contributed by atoms with E-state index in [9.17, 15) is 4.79 Å². The first-order chi connectivity index (χ1) is 11.1. The highest BCUT2D eigenvalue weighted by molar-refractivity contribution is 8.00. The Bertz CT molecular complexity index is 606. The summed E-state index contributed by atoms with van der Waals surface area (Å²) >= 11 is 3.28. The number of benzene rings is 1. The molecule has 5 heteroatoms. The maximum Gasteiger partial charge on any atom is 0.233 e. The van der Waals surface area contributed by atoms with Crippen LogP contribution in [0.4, 0.5) is 0 Å². The van der Waals surface area contributed by atoms with Gasteiger partial charge in [-0.15, -0.1) is 23.1 Å². The number of carbonyl (C=O) groups excluding carboxylic acids is 1. The molecule has 0 aliphatic rings. The Labute approximate surface area is 146 Å². The Morgan fingerprint density at radius 3 is 2.65 bits per heavy atom. The highest BCUT2D eigenvalue weighted by Crippen LogP contribution is 2.22. The van der Waals surface area contributed by atoms with Crippen molar-refractivity contribution in [3.05, 3.63) is 51.7 Å². The molecular weight excluding hydrogens is 326 g/mol. The zero-order valence-corrected chi connectivity index (χ0v) is 15.4. The van der Waals surface area contributed by atoms with Crippen LogP contribution in [0.15, 0.2) is 35.7 Å². The molecule has 1 aromatic carbocycles. The molecule has 124 valence electrons. The smallest absolute Gasteiger partial charge is 0.233 e. The summed E-state index contributed by atoms with van der Waals surface area (Å²) in [6, 6.07) is 10.2. The number of amides is 1. The highest BCUT2D eigenvalue weighted by Gasteiger charge is 2.13. The molecule has 1 atom stereocenters. The Morgan fingerprint density at radius 1 is 1.26 bits per heavy atom. The maximum atomic E-state index is 12.0. The molecule has 2 rings (SSSR count). The number of ether oxygens (including phenoxy) is 1. The van der Waals surface area contributed by atoms with Gasteiger partial charge < -0.3 is 10.1 Å². The van der Waals surface area contributed by atoms with Gasteiger partial charge in [0.15, 0.2) is 0 Å². The third kappa shape index (κ3) is 5.59. The van der Waals surface area contributed by atoms with Crippen molar-refractivity contribution in [3.8, 4) is 5.75 Å². The number of rotatable bonds is 8. The summed E-state index contributed by atoms with van der Waals surface area (Å²) in [4.78, 5) is 13.2. The maximum absolute atomic E-state index is 12.0. The number of hydrogen-bond donors (Lipinski definition) is 1. The fourth-order valence-corrected chi connectivity index (χ4v) is 3.61. The third-order valence-electron chi connectivity index (χ3n) is 3.49. The molecule has 1 heterocycles. The second-order valence-corrected chi connectivity index (χ2v) is 7.86. The predicted octanol–water partition coefficient (Wildman–Crippen LogP) is 4.18. The molecule has 3 nitrogen and oxygen atoms in total. The molecule has 2 aromatic rings. The van der Waals surface area contributed by atoms with Crippen molar-refractivity contribution in [2.75, 3.05) is 12.4 Å². The summed E-state index contributed by atoms with van der Waals surface area (Å²) in [6.07, 6.45) is 0. The van der Waals surface area contributed by atoms with Crippen molar-refractivity contribution in [2.45, 2.75) is 32.6 Å². The van der Waals surface area contributed by atoms with Gasteiger partial charge in [0.25, 0.3) is 0 Å². The molecule has 0 aliphatic carbocycles. The van der Waals surface area contributed by atoms with Gasteiger partial charge in [0.05, 0.1) is 18.4 Å². The third-order valence-corrected chi connectivity index (χ3v) is 5.49. The highest BCUT2D eigenvalue weighted by atomic mass is 32.2. The van der Waals surface area contributed by atoms with E-state index >= 15 is 0 Å². The lowest BCUT2D eigenvalue weighted by Crippen LogP contribution is -2.30. The Kier molecular flexibility index (Phi) is 6.99. The minimum absolute atomic E-state index is 0.0727. The van der Waals surface area contributed by atoms with Crippen molar-refractivity contribution in [2.24, 2.45) is 0 Å². The summed E-state index contributed by atoms with van der Waals surface area (Å²) in [7, 11) is 0. The Hall–Kier alpha value is -1.46. The minimum Gasteiger partial charge on any atom is -0.492 e. The van der Waals surface area contributed by atoms with Crippen molar-refractivity contribution >= 4 is 29.0 Å². The lowest BCUT2D eigenvalue weighted by Gasteiger charge is -2.14. The molecule has 0 aliphatic heterocycles. The number of hydrogen-bond acceptors (Lipinski definition) is 4. The normalized spacial score (nSPS) is 12.0. The van der Waals surface area contributed by atoms with Gasteiger partial charge in [-0.3, -0.25) is 4.79 Å². The van der Waals surface area contributed by atoms with Crippen LogP contribution >= 0.6 is 23.1 Å². The fraction of sp³-hybridized carbons (Fsp3) is 0.389. The second kappa shape index (κ2) is 8.99. The average Bonchev–Trinajstić information content (AvgIpc) is 3.04. The van der Waals surface area contributed by atoms with Crippen molar-refractivity contribution in [3.63, 3.8) is 0 Å². The van der Waals surface area contributed by atoms with E-state index in [1.165, 1.54) is 4.88 Å². The monoisotopic (exact) mass is 349 g/mol. The SMILES string of the molecule is Cc1cccc(C)c1OCCSC(C)C(=O)NCc1cccs1. The summed E-state index contributed by atoms with van der Waals surface area (Å²) in [5, 5.41) is 4.92. The van der Waals surface area contributed by atoms with Crippen LogP contribution in [-0.4, -0.2) is 23.5 Å². The molecule has 0 bridgehead atoms. The van der Waals surface area contributed by atoms with Crippen LogP contribution < -0.4 is 10.1 Å². The van der Waals surface area contributed by atoms with Gasteiger partial charge in [-0.25, -0.2) is 0 Å². The molecule has 0 spiro atoms. The topological polar surface area (TPSA) is 38.3 Å². The molecule has 0 saturated carbocycles. The van der Waals surface area contributed by atoms with Crippen LogP contribution in [0.2, 0.25) is 0 Å². The first-order valence-corrected chi connectivity index (χ1v) is 9.61. The van der Waals surface area contributed by atoms with Gasteiger partial charge in [0.1, 0.15) is 5.75 Å². The molecule has 1 aromatic heterocycles. The van der Waals surface area contributed by atoms with E-state index in [-0.39, 0.29) is 11.2 Å². The molecule has 0 fully saturated rings. The Morgan fingerprint density at radius 2 is 2.00 bits per heavy atom. The van der Waals surface area contributed by atoms with Gasteiger partial charge in [0.2, 0.25) is 5.91 Å². The molecular formula is C18H23NO2S2. The average molecular weight is 350 g/mol. The van der Waals surface area contributed by atoms with Crippen LogP contribution in [0.25, 0.3) is 0 Å². The zero-order valence-electron chi connectivity index (χ0n) is 13.8. The molecule has 1 unspecified atom stereocenters. The number of nitrogens with one attached hydrogen (secondary N) is 1. The van der Waals surface area contributed by atoms with Crippen LogP contribution in [0, 0.1) is 13.8 Å². The van der Waals surface area contributed by atoms with Crippen LogP contribution in [0.3, 0.4) is 0 Å². The summed E-state index contributed by atoms with van der Waals surface area (Å²) in [5.74, 6) is 1.83. The molecule has 1 N–H and O–H groups in total. The number of thiophene rings is 1. The van der Waals surface area contributed by atoms with E-state index in [0.29, 0.717) is 13.2 Å². The van der Waals surface area contributed by atoms with Crippen molar-refractivity contribution in [1.29, 1.82) is 0 Å². The van der Waals surface area contributed by atoms with Gasteiger partial charge in [-0.05, 0) is 43.3 Å². The number of carbonyl (C=O) groups is 1. The first kappa shape index (κ1) is 17.9.